The zero-order valence-electron chi connectivity index (χ0n) is 21.9. The van der Waals surface area contributed by atoms with E-state index in [2.05, 4.69) is 32.8 Å². The number of hydrogen-bond acceptors (Lipinski definition) is 7. The molecule has 11 heteroatoms. The van der Waals surface area contributed by atoms with Gasteiger partial charge in [0.05, 0.1) is 35.5 Å². The van der Waals surface area contributed by atoms with Crippen molar-refractivity contribution in [2.45, 2.75) is 50.5 Å². The first kappa shape index (κ1) is 28.0. The summed E-state index contributed by atoms with van der Waals surface area (Å²) >= 11 is 0. The summed E-state index contributed by atoms with van der Waals surface area (Å²) in [6, 6.07) is 7.66. The van der Waals surface area contributed by atoms with E-state index in [0.29, 0.717) is 63.4 Å². The van der Waals surface area contributed by atoms with Crippen LogP contribution in [0.2, 0.25) is 0 Å². The number of piperidine rings is 1. The summed E-state index contributed by atoms with van der Waals surface area (Å²) < 4.78 is 44.6. The Morgan fingerprint density at radius 3 is 2.45 bits per heavy atom. The maximum Gasteiger partial charge on any atom is 0.416 e. The highest BCUT2D eigenvalue weighted by Gasteiger charge is 2.44. The van der Waals surface area contributed by atoms with E-state index in [4.69, 9.17) is 4.74 Å². The van der Waals surface area contributed by atoms with Crippen LogP contribution in [0.5, 0.6) is 0 Å². The zero-order chi connectivity index (χ0) is 27.5. The molecule has 0 spiro atoms. The average Bonchev–Trinajstić information content (AvgIpc) is 2.91. The van der Waals surface area contributed by atoms with Gasteiger partial charge in [-0.2, -0.15) is 18.4 Å². The molecular weight excluding hydrogens is 497 g/mol. The largest absolute Gasteiger partial charge is 0.416 e. The predicted octanol–water partition coefficient (Wildman–Crippen LogP) is 3.70. The molecule has 2 saturated heterocycles. The minimum absolute atomic E-state index is 0.0418. The molecule has 1 amide bonds. The number of likely N-dealkylation sites (tertiary alicyclic amines) is 1. The van der Waals surface area contributed by atoms with Gasteiger partial charge in [0.25, 0.3) is 5.91 Å². The van der Waals surface area contributed by atoms with Gasteiger partial charge in [-0.05, 0) is 44.4 Å². The van der Waals surface area contributed by atoms with Crippen LogP contribution in [-0.2, 0) is 10.9 Å². The number of carbonyl (C=O) groups excluding carboxylic acids is 1. The van der Waals surface area contributed by atoms with E-state index in [1.54, 1.807) is 18.9 Å². The van der Waals surface area contributed by atoms with E-state index in [-0.39, 0.29) is 18.0 Å². The van der Waals surface area contributed by atoms with Crippen LogP contribution in [-0.4, -0.2) is 88.6 Å². The van der Waals surface area contributed by atoms with Crippen LogP contribution in [0.1, 0.15) is 53.0 Å². The molecule has 0 N–H and O–H groups in total. The molecule has 38 heavy (non-hydrogen) atoms. The Morgan fingerprint density at radius 2 is 1.89 bits per heavy atom. The topological polar surface area (TPSA) is 85.6 Å². The van der Waals surface area contributed by atoms with E-state index in [1.165, 1.54) is 24.7 Å². The van der Waals surface area contributed by atoms with Gasteiger partial charge in [-0.3, -0.25) is 14.6 Å². The lowest BCUT2D eigenvalue weighted by Crippen LogP contribution is -2.63. The number of carbonyl (C=O) groups is 1. The first-order valence-corrected chi connectivity index (χ1v) is 12.7. The number of piperazine rings is 1. The molecule has 2 atom stereocenters. The summed E-state index contributed by atoms with van der Waals surface area (Å²) in [6.07, 6.45) is -0.360. The van der Waals surface area contributed by atoms with E-state index in [9.17, 15) is 23.2 Å². The monoisotopic (exact) mass is 530 g/mol. The second-order valence-electron chi connectivity index (χ2n) is 10.1. The Labute approximate surface area is 221 Å². The Bertz CT molecular complexity index is 1160. The molecule has 0 bridgehead atoms. The Kier molecular flexibility index (Phi) is 8.35. The number of rotatable bonds is 6. The number of methoxy groups -OCH3 is 1. The van der Waals surface area contributed by atoms with Crippen molar-refractivity contribution < 1.29 is 22.7 Å². The lowest BCUT2D eigenvalue weighted by Gasteiger charge is -2.51. The summed E-state index contributed by atoms with van der Waals surface area (Å²) in [6.45, 7) is 7.04. The van der Waals surface area contributed by atoms with Gasteiger partial charge in [0.15, 0.2) is 0 Å². The minimum atomic E-state index is -4.38. The van der Waals surface area contributed by atoms with Crippen LogP contribution in [0, 0.1) is 18.3 Å². The molecule has 2 aromatic rings. The number of nitriles is 1. The first-order valence-electron chi connectivity index (χ1n) is 12.7. The SMILES string of the molecule is COC[C@@H](c1ccc(C(F)(F)F)cc1)N1CCN(C2(C#N)CCN(C(=O)c3cncnc3C)CC2)C[C@@H]1C. The normalized spacial score (nSPS) is 21.6. The van der Waals surface area contributed by atoms with E-state index < -0.39 is 17.3 Å². The number of aryl methyl sites for hydroxylation is 1. The van der Waals surface area contributed by atoms with Crippen LogP contribution in [0.25, 0.3) is 0 Å². The van der Waals surface area contributed by atoms with Crippen molar-refractivity contribution in [2.24, 2.45) is 0 Å². The Hall–Kier alpha value is -3.07. The first-order chi connectivity index (χ1) is 18.1. The maximum absolute atomic E-state index is 13.1. The van der Waals surface area contributed by atoms with Crippen LogP contribution < -0.4 is 0 Å². The third-order valence-electron chi connectivity index (χ3n) is 7.86. The molecule has 1 aromatic heterocycles. The molecule has 3 heterocycles. The molecule has 2 aliphatic heterocycles. The second kappa shape index (κ2) is 11.4. The smallest absolute Gasteiger partial charge is 0.383 e. The molecule has 204 valence electrons. The van der Waals surface area contributed by atoms with Gasteiger partial charge in [-0.15, -0.1) is 0 Å². The lowest BCUT2D eigenvalue weighted by atomic mass is 9.85. The Morgan fingerprint density at radius 1 is 1.21 bits per heavy atom. The van der Waals surface area contributed by atoms with Crippen molar-refractivity contribution >= 4 is 5.91 Å². The van der Waals surface area contributed by atoms with E-state index in [1.807, 2.05) is 0 Å². The molecule has 0 aliphatic carbocycles. The van der Waals surface area contributed by atoms with Crippen LogP contribution in [0.4, 0.5) is 13.2 Å². The highest BCUT2D eigenvalue weighted by Crippen LogP contribution is 2.35. The molecule has 0 unspecified atom stereocenters. The van der Waals surface area contributed by atoms with Crippen molar-refractivity contribution in [3.63, 3.8) is 0 Å². The number of ether oxygens (including phenoxy) is 1. The molecule has 2 aliphatic rings. The number of amides is 1. The van der Waals surface area contributed by atoms with Gasteiger partial charge in [0, 0.05) is 52.1 Å². The fraction of sp³-hybridized carbons (Fsp3) is 0.556. The van der Waals surface area contributed by atoms with Crippen molar-refractivity contribution in [3.05, 3.63) is 59.2 Å². The summed E-state index contributed by atoms with van der Waals surface area (Å²) in [5.41, 5.74) is 0.523. The van der Waals surface area contributed by atoms with Crippen molar-refractivity contribution in [2.75, 3.05) is 46.4 Å². The fourth-order valence-electron chi connectivity index (χ4n) is 5.61. The van der Waals surface area contributed by atoms with E-state index >= 15 is 0 Å². The minimum Gasteiger partial charge on any atom is -0.383 e. The zero-order valence-corrected chi connectivity index (χ0v) is 21.9. The third kappa shape index (κ3) is 5.67. The maximum atomic E-state index is 13.1. The highest BCUT2D eigenvalue weighted by atomic mass is 19.4. The summed E-state index contributed by atoms with van der Waals surface area (Å²) in [5, 5.41) is 10.3. The Balaban J connectivity index is 1.43. The number of alkyl halides is 3. The number of hydrogen-bond donors (Lipinski definition) is 0. The van der Waals surface area contributed by atoms with Gasteiger partial charge in [-0.25, -0.2) is 9.97 Å². The van der Waals surface area contributed by atoms with Crippen molar-refractivity contribution in [3.8, 4) is 6.07 Å². The van der Waals surface area contributed by atoms with Gasteiger partial charge in [-0.1, -0.05) is 12.1 Å². The number of nitrogens with zero attached hydrogens (tertiary/aromatic N) is 6. The third-order valence-corrected chi connectivity index (χ3v) is 7.86. The fourth-order valence-corrected chi connectivity index (χ4v) is 5.61. The molecule has 0 saturated carbocycles. The number of aromatic nitrogens is 2. The van der Waals surface area contributed by atoms with Gasteiger partial charge in [0.2, 0.25) is 0 Å². The van der Waals surface area contributed by atoms with Crippen LogP contribution in [0.3, 0.4) is 0 Å². The molecular formula is C27H33F3N6O2. The van der Waals surface area contributed by atoms with Gasteiger partial charge < -0.3 is 9.64 Å². The number of halogens is 3. The summed E-state index contributed by atoms with van der Waals surface area (Å²) in [7, 11) is 1.58. The molecule has 4 rings (SSSR count). The quantitative estimate of drug-likeness (QED) is 0.563. The van der Waals surface area contributed by atoms with Crippen molar-refractivity contribution in [1.82, 2.24) is 24.7 Å². The highest BCUT2D eigenvalue weighted by molar-refractivity contribution is 5.95. The predicted molar refractivity (Wildman–Crippen MR) is 134 cm³/mol. The molecule has 8 nitrogen and oxygen atoms in total. The van der Waals surface area contributed by atoms with Crippen LogP contribution in [0.15, 0.2) is 36.8 Å². The lowest BCUT2D eigenvalue weighted by molar-refractivity contribution is -0.137. The molecule has 1 aromatic carbocycles. The average molecular weight is 531 g/mol. The second-order valence-corrected chi connectivity index (χ2v) is 10.1. The molecule has 0 radical (unpaired) electrons. The summed E-state index contributed by atoms with van der Waals surface area (Å²) in [4.78, 5) is 27.3. The van der Waals surface area contributed by atoms with Gasteiger partial charge >= 0.3 is 6.18 Å². The van der Waals surface area contributed by atoms with E-state index in [0.717, 1.165) is 17.7 Å². The standard InChI is InChI=1S/C27H33F3N6O2/c1-19-15-35(12-13-36(19)24(16-38-3)21-4-6-22(7-5-21)27(28,29)30)26(17-31)8-10-34(11-9-26)25(37)23-14-32-18-33-20(23)2/h4-7,14,18-19,24H,8-13,15-16H2,1-3H3/t19-,24-/m0/s1. The number of benzene rings is 1. The van der Waals surface area contributed by atoms with Gasteiger partial charge in [0.1, 0.15) is 11.9 Å². The van der Waals surface area contributed by atoms with Crippen molar-refractivity contribution in [1.29, 1.82) is 5.26 Å². The molecule has 2 fully saturated rings. The summed E-state index contributed by atoms with van der Waals surface area (Å²) in [5.74, 6) is -0.119. The van der Waals surface area contributed by atoms with Crippen LogP contribution >= 0.6 is 0 Å².